The highest BCUT2D eigenvalue weighted by atomic mass is 15.1. The van der Waals surface area contributed by atoms with E-state index < -0.39 is 0 Å². The standard InChI is InChI=1S/C18H31N3/c1-4-14-7-5-6-8-16(14)21-17-9-10-19-12-15(17)20-18(21)11-13(2)3/h13-14,16,19H,4-12H2,1-3H3. The Morgan fingerprint density at radius 1 is 1.29 bits per heavy atom. The summed E-state index contributed by atoms with van der Waals surface area (Å²) >= 11 is 0. The molecule has 0 saturated heterocycles. The van der Waals surface area contributed by atoms with Crippen LogP contribution in [0.3, 0.4) is 0 Å². The lowest BCUT2D eigenvalue weighted by Crippen LogP contribution is -2.29. The summed E-state index contributed by atoms with van der Waals surface area (Å²) in [5.74, 6) is 2.91. The third-order valence-corrected chi connectivity index (χ3v) is 5.31. The molecule has 3 rings (SSSR count). The molecule has 0 spiro atoms. The molecule has 1 saturated carbocycles. The number of fused-ring (bicyclic) bond motifs is 1. The molecular weight excluding hydrogens is 258 g/mol. The second-order valence-corrected chi connectivity index (χ2v) is 7.34. The minimum absolute atomic E-state index is 0.684. The number of imidazole rings is 1. The fourth-order valence-electron chi connectivity index (χ4n) is 4.29. The van der Waals surface area contributed by atoms with E-state index in [0.717, 1.165) is 31.8 Å². The highest BCUT2D eigenvalue weighted by Gasteiger charge is 2.31. The van der Waals surface area contributed by atoms with Crippen molar-refractivity contribution in [1.82, 2.24) is 14.9 Å². The highest BCUT2D eigenvalue weighted by Crippen LogP contribution is 2.38. The van der Waals surface area contributed by atoms with Gasteiger partial charge in [0.2, 0.25) is 0 Å². The van der Waals surface area contributed by atoms with Gasteiger partial charge < -0.3 is 9.88 Å². The molecule has 3 heteroatoms. The summed E-state index contributed by atoms with van der Waals surface area (Å²) in [6.07, 6.45) is 9.19. The van der Waals surface area contributed by atoms with Gasteiger partial charge in [0.1, 0.15) is 5.82 Å². The van der Waals surface area contributed by atoms with Crippen LogP contribution in [-0.2, 0) is 19.4 Å². The first-order valence-corrected chi connectivity index (χ1v) is 9.00. The van der Waals surface area contributed by atoms with Crippen molar-refractivity contribution in [3.63, 3.8) is 0 Å². The molecule has 2 unspecified atom stereocenters. The van der Waals surface area contributed by atoms with Crippen LogP contribution in [0.5, 0.6) is 0 Å². The Morgan fingerprint density at radius 2 is 2.10 bits per heavy atom. The molecule has 1 aromatic rings. The van der Waals surface area contributed by atoms with Crippen LogP contribution in [0.4, 0.5) is 0 Å². The van der Waals surface area contributed by atoms with Gasteiger partial charge in [0.05, 0.1) is 5.69 Å². The monoisotopic (exact) mass is 289 g/mol. The van der Waals surface area contributed by atoms with Crippen molar-refractivity contribution in [3.8, 4) is 0 Å². The normalized spacial score (nSPS) is 26.1. The van der Waals surface area contributed by atoms with Gasteiger partial charge in [-0.2, -0.15) is 0 Å². The molecule has 0 radical (unpaired) electrons. The van der Waals surface area contributed by atoms with Gasteiger partial charge in [0.25, 0.3) is 0 Å². The van der Waals surface area contributed by atoms with Gasteiger partial charge in [-0.05, 0) is 24.7 Å². The molecular formula is C18H31N3. The lowest BCUT2D eigenvalue weighted by atomic mass is 9.82. The van der Waals surface area contributed by atoms with E-state index in [9.17, 15) is 0 Å². The van der Waals surface area contributed by atoms with Crippen LogP contribution in [-0.4, -0.2) is 16.1 Å². The van der Waals surface area contributed by atoms with Crippen LogP contribution in [0.25, 0.3) is 0 Å². The van der Waals surface area contributed by atoms with Crippen LogP contribution >= 0.6 is 0 Å². The Balaban J connectivity index is 1.99. The number of aromatic nitrogens is 2. The summed E-state index contributed by atoms with van der Waals surface area (Å²) in [4.78, 5) is 5.04. The molecule has 2 aliphatic rings. The first-order valence-electron chi connectivity index (χ1n) is 9.00. The molecule has 0 bridgehead atoms. The van der Waals surface area contributed by atoms with Gasteiger partial charge in [0, 0.05) is 37.7 Å². The largest absolute Gasteiger partial charge is 0.328 e. The van der Waals surface area contributed by atoms with Gasteiger partial charge in [-0.1, -0.05) is 40.0 Å². The summed E-state index contributed by atoms with van der Waals surface area (Å²) in [5.41, 5.74) is 2.88. The van der Waals surface area contributed by atoms with Crippen molar-refractivity contribution < 1.29 is 0 Å². The third-order valence-electron chi connectivity index (χ3n) is 5.31. The van der Waals surface area contributed by atoms with E-state index in [2.05, 4.69) is 30.7 Å². The molecule has 1 fully saturated rings. The summed E-state index contributed by atoms with van der Waals surface area (Å²) in [5, 5.41) is 3.49. The second-order valence-electron chi connectivity index (χ2n) is 7.34. The maximum Gasteiger partial charge on any atom is 0.109 e. The van der Waals surface area contributed by atoms with Gasteiger partial charge in [-0.15, -0.1) is 0 Å². The van der Waals surface area contributed by atoms with Crippen molar-refractivity contribution in [3.05, 3.63) is 17.2 Å². The van der Waals surface area contributed by atoms with Crippen molar-refractivity contribution >= 4 is 0 Å². The zero-order valence-electron chi connectivity index (χ0n) is 14.0. The Bertz CT molecular complexity index is 475. The van der Waals surface area contributed by atoms with Gasteiger partial charge in [-0.25, -0.2) is 4.98 Å². The number of nitrogens with one attached hydrogen (secondary N) is 1. The van der Waals surface area contributed by atoms with E-state index in [-0.39, 0.29) is 0 Å². The molecule has 2 heterocycles. The maximum absolute atomic E-state index is 5.04. The molecule has 118 valence electrons. The molecule has 3 nitrogen and oxygen atoms in total. The van der Waals surface area contributed by atoms with Crippen molar-refractivity contribution in [2.45, 2.75) is 78.3 Å². The number of hydrogen-bond acceptors (Lipinski definition) is 2. The minimum Gasteiger partial charge on any atom is -0.328 e. The molecule has 21 heavy (non-hydrogen) atoms. The average molecular weight is 289 g/mol. The highest BCUT2D eigenvalue weighted by molar-refractivity contribution is 5.22. The Morgan fingerprint density at radius 3 is 2.86 bits per heavy atom. The second kappa shape index (κ2) is 6.51. The lowest BCUT2D eigenvalue weighted by Gasteiger charge is -2.35. The molecule has 1 N–H and O–H groups in total. The number of nitrogens with zero attached hydrogens (tertiary/aromatic N) is 2. The first-order chi connectivity index (χ1) is 10.2. The summed E-state index contributed by atoms with van der Waals surface area (Å²) in [7, 11) is 0. The quantitative estimate of drug-likeness (QED) is 0.912. The summed E-state index contributed by atoms with van der Waals surface area (Å²) in [6.45, 7) is 9.08. The average Bonchev–Trinajstić information content (AvgIpc) is 2.84. The Hall–Kier alpha value is -0.830. The van der Waals surface area contributed by atoms with E-state index in [1.165, 1.54) is 43.6 Å². The SMILES string of the molecule is CCC1CCCCC1n1c(CC(C)C)nc2c1CCNC2. The van der Waals surface area contributed by atoms with Crippen molar-refractivity contribution in [2.24, 2.45) is 11.8 Å². The number of rotatable bonds is 4. The fraction of sp³-hybridized carbons (Fsp3) is 0.833. The first kappa shape index (κ1) is 15.1. The maximum atomic E-state index is 5.04. The lowest BCUT2D eigenvalue weighted by molar-refractivity contribution is 0.223. The minimum atomic E-state index is 0.684. The third kappa shape index (κ3) is 3.03. The predicted octanol–water partition coefficient (Wildman–Crippen LogP) is 3.87. The zero-order valence-corrected chi connectivity index (χ0v) is 14.0. The van der Waals surface area contributed by atoms with Crippen LogP contribution in [0.15, 0.2) is 0 Å². The zero-order chi connectivity index (χ0) is 14.8. The Labute approximate surface area is 129 Å². The smallest absolute Gasteiger partial charge is 0.109 e. The van der Waals surface area contributed by atoms with Gasteiger partial charge >= 0.3 is 0 Å². The molecule has 1 aliphatic heterocycles. The van der Waals surface area contributed by atoms with Crippen LogP contribution in [0, 0.1) is 11.8 Å². The van der Waals surface area contributed by atoms with Gasteiger partial charge in [-0.3, -0.25) is 0 Å². The topological polar surface area (TPSA) is 29.9 Å². The van der Waals surface area contributed by atoms with Crippen LogP contribution < -0.4 is 5.32 Å². The molecule has 0 aromatic carbocycles. The summed E-state index contributed by atoms with van der Waals surface area (Å²) in [6, 6.07) is 0.715. The molecule has 1 aromatic heterocycles. The van der Waals surface area contributed by atoms with Crippen molar-refractivity contribution in [2.75, 3.05) is 6.54 Å². The van der Waals surface area contributed by atoms with Gasteiger partial charge in [0.15, 0.2) is 0 Å². The van der Waals surface area contributed by atoms with E-state index >= 15 is 0 Å². The van der Waals surface area contributed by atoms with E-state index in [4.69, 9.17) is 4.98 Å². The van der Waals surface area contributed by atoms with Crippen LogP contribution in [0.2, 0.25) is 0 Å². The summed E-state index contributed by atoms with van der Waals surface area (Å²) < 4.78 is 2.70. The van der Waals surface area contributed by atoms with Crippen LogP contribution in [0.1, 0.15) is 76.1 Å². The van der Waals surface area contributed by atoms with Crippen molar-refractivity contribution in [1.29, 1.82) is 0 Å². The molecule has 2 atom stereocenters. The molecule has 0 amide bonds. The Kier molecular flexibility index (Phi) is 4.68. The van der Waals surface area contributed by atoms with E-state index in [1.807, 2.05) is 0 Å². The number of hydrogen-bond donors (Lipinski definition) is 1. The van der Waals surface area contributed by atoms with E-state index in [0.29, 0.717) is 12.0 Å². The molecule has 1 aliphatic carbocycles. The predicted molar refractivity (Wildman–Crippen MR) is 87.5 cm³/mol. The van der Waals surface area contributed by atoms with E-state index in [1.54, 1.807) is 5.69 Å². The fourth-order valence-corrected chi connectivity index (χ4v) is 4.29.